The predicted molar refractivity (Wildman–Crippen MR) is 146 cm³/mol. The van der Waals surface area contributed by atoms with Gasteiger partial charge in [0.15, 0.2) is 0 Å². The van der Waals surface area contributed by atoms with E-state index in [0.29, 0.717) is 28.8 Å². The largest absolute Gasteiger partial charge is 0.456 e. The van der Waals surface area contributed by atoms with Gasteiger partial charge in [0.2, 0.25) is 0 Å². The van der Waals surface area contributed by atoms with Crippen LogP contribution in [0, 0.1) is 12.3 Å². The molecule has 0 saturated carbocycles. The Hall–Kier alpha value is -3.63. The smallest absolute Gasteiger partial charge is 0.338 e. The minimum atomic E-state index is -0.561. The Labute approximate surface area is 218 Å². The number of fused-ring (bicyclic) bond motifs is 2. The monoisotopic (exact) mass is 501 g/mol. The highest BCUT2D eigenvalue weighted by molar-refractivity contribution is 5.90. The molecular formula is C30H35N3O4. The first kappa shape index (κ1) is 26.4. The van der Waals surface area contributed by atoms with Gasteiger partial charge < -0.3 is 19.4 Å². The van der Waals surface area contributed by atoms with Gasteiger partial charge in [-0.2, -0.15) is 0 Å². The minimum absolute atomic E-state index is 0.00567. The quantitative estimate of drug-likeness (QED) is 0.364. The molecule has 0 saturated heterocycles. The molecule has 194 valence electrons. The van der Waals surface area contributed by atoms with Crippen LogP contribution in [0.5, 0.6) is 0 Å². The molecule has 3 aromatic rings. The van der Waals surface area contributed by atoms with Crippen molar-refractivity contribution >= 4 is 22.6 Å². The van der Waals surface area contributed by atoms with E-state index in [1.54, 1.807) is 12.1 Å². The third-order valence-electron chi connectivity index (χ3n) is 6.17. The highest BCUT2D eigenvalue weighted by Gasteiger charge is 2.29. The molecule has 0 spiro atoms. The van der Waals surface area contributed by atoms with Crippen LogP contribution in [0.1, 0.15) is 81.3 Å². The van der Waals surface area contributed by atoms with Crippen LogP contribution < -0.4 is 10.5 Å². The summed E-state index contributed by atoms with van der Waals surface area (Å²) in [5, 5.41) is 0.547. The van der Waals surface area contributed by atoms with Gasteiger partial charge in [-0.15, -0.1) is 6.42 Å². The summed E-state index contributed by atoms with van der Waals surface area (Å²) in [6, 6.07) is 11.3. The molecule has 0 fully saturated rings. The number of carbonyl (C=O) groups excluding carboxylic acids is 1. The van der Waals surface area contributed by atoms with Crippen molar-refractivity contribution in [1.29, 1.82) is 0 Å². The summed E-state index contributed by atoms with van der Waals surface area (Å²) < 4.78 is 11.3. The zero-order chi connectivity index (χ0) is 27.0. The van der Waals surface area contributed by atoms with Crippen LogP contribution in [0.3, 0.4) is 0 Å². The maximum absolute atomic E-state index is 13.0. The van der Waals surface area contributed by atoms with E-state index in [2.05, 4.69) is 20.8 Å². The Morgan fingerprint density at radius 3 is 2.46 bits per heavy atom. The standard InChI is InChI=1S/C30H35N3O4/c1-8-15-33(21-12-9-19(10-13-21)28(35)37-30(5,6)7)25-14-11-20-16-24-23(17-22(20)25)27(34)32-26(31-24)18-36-29(2,3)4/h1,9-10,12-13,16-17,25H,11,14-15,18H2,2-7H3,(H,31,32,34). The molecule has 0 aliphatic heterocycles. The molecule has 37 heavy (non-hydrogen) atoms. The number of ether oxygens (including phenoxy) is 2. The van der Waals surface area contributed by atoms with E-state index >= 15 is 0 Å². The van der Waals surface area contributed by atoms with Gasteiger partial charge in [0.1, 0.15) is 18.0 Å². The van der Waals surface area contributed by atoms with Crippen molar-refractivity contribution in [1.82, 2.24) is 9.97 Å². The Kier molecular flexibility index (Phi) is 7.16. The normalized spacial score (nSPS) is 15.3. The summed E-state index contributed by atoms with van der Waals surface area (Å²) >= 11 is 0. The molecule has 0 radical (unpaired) electrons. The lowest BCUT2D eigenvalue weighted by molar-refractivity contribution is -0.0181. The number of anilines is 1. The summed E-state index contributed by atoms with van der Waals surface area (Å²) in [5.74, 6) is 2.92. The highest BCUT2D eigenvalue weighted by atomic mass is 16.6. The number of carbonyl (C=O) groups is 1. The number of nitrogens with one attached hydrogen (secondary N) is 1. The van der Waals surface area contributed by atoms with E-state index in [0.717, 1.165) is 29.7 Å². The van der Waals surface area contributed by atoms with E-state index in [1.165, 1.54) is 0 Å². The number of H-pyrrole nitrogens is 1. The van der Waals surface area contributed by atoms with Gasteiger partial charge in [0, 0.05) is 5.69 Å². The van der Waals surface area contributed by atoms with Crippen LogP contribution in [-0.4, -0.2) is 33.7 Å². The molecule has 1 atom stereocenters. The zero-order valence-electron chi connectivity index (χ0n) is 22.5. The molecule has 7 nitrogen and oxygen atoms in total. The van der Waals surface area contributed by atoms with E-state index in [4.69, 9.17) is 15.9 Å². The molecule has 1 aromatic heterocycles. The number of hydrogen-bond donors (Lipinski definition) is 1. The molecule has 1 N–H and O–H groups in total. The van der Waals surface area contributed by atoms with Gasteiger partial charge in [0.25, 0.3) is 5.56 Å². The second-order valence-corrected chi connectivity index (χ2v) is 11.4. The zero-order valence-corrected chi connectivity index (χ0v) is 22.5. The SMILES string of the molecule is C#CCN(c1ccc(C(=O)OC(C)(C)C)cc1)C1CCc2cc3nc(COC(C)(C)C)[nH]c(=O)c3cc21. The van der Waals surface area contributed by atoms with Crippen molar-refractivity contribution in [2.24, 2.45) is 0 Å². The van der Waals surface area contributed by atoms with E-state index in [9.17, 15) is 9.59 Å². The van der Waals surface area contributed by atoms with E-state index < -0.39 is 5.60 Å². The Morgan fingerprint density at radius 1 is 1.14 bits per heavy atom. The van der Waals surface area contributed by atoms with Crippen molar-refractivity contribution in [2.45, 2.75) is 78.2 Å². The number of benzene rings is 2. The molecule has 1 aliphatic carbocycles. The van der Waals surface area contributed by atoms with Crippen LogP contribution in [-0.2, 0) is 22.5 Å². The number of esters is 1. The third kappa shape index (κ3) is 6.20. The first-order chi connectivity index (χ1) is 17.3. The number of nitrogens with zero attached hydrogens (tertiary/aromatic N) is 2. The summed E-state index contributed by atoms with van der Waals surface area (Å²) in [7, 11) is 0. The molecule has 0 amide bonds. The first-order valence-electron chi connectivity index (χ1n) is 12.6. The molecule has 1 heterocycles. The molecule has 2 aromatic carbocycles. The van der Waals surface area contributed by atoms with Crippen LogP contribution >= 0.6 is 0 Å². The second-order valence-electron chi connectivity index (χ2n) is 11.4. The number of rotatable bonds is 6. The molecule has 7 heteroatoms. The Morgan fingerprint density at radius 2 is 1.84 bits per heavy atom. The topological polar surface area (TPSA) is 84.5 Å². The summed E-state index contributed by atoms with van der Waals surface area (Å²) in [6.45, 7) is 12.1. The predicted octanol–water partition coefficient (Wildman–Crippen LogP) is 5.32. The number of aromatic amines is 1. The lowest BCUT2D eigenvalue weighted by Gasteiger charge is -2.30. The molecular weight excluding hydrogens is 466 g/mol. The average molecular weight is 502 g/mol. The van der Waals surface area contributed by atoms with Crippen molar-refractivity contribution in [3.8, 4) is 12.3 Å². The fourth-order valence-corrected chi connectivity index (χ4v) is 4.55. The maximum Gasteiger partial charge on any atom is 0.338 e. The lowest BCUT2D eigenvalue weighted by atomic mass is 10.0. The van der Waals surface area contributed by atoms with Gasteiger partial charge in [0.05, 0.1) is 34.7 Å². The van der Waals surface area contributed by atoms with Crippen molar-refractivity contribution in [3.63, 3.8) is 0 Å². The fraction of sp³-hybridized carbons (Fsp3) is 0.433. The third-order valence-corrected chi connectivity index (χ3v) is 6.17. The van der Waals surface area contributed by atoms with Crippen LogP contribution in [0.25, 0.3) is 10.9 Å². The lowest BCUT2D eigenvalue weighted by Crippen LogP contribution is -2.28. The highest BCUT2D eigenvalue weighted by Crippen LogP contribution is 2.39. The van der Waals surface area contributed by atoms with Gasteiger partial charge in [-0.1, -0.05) is 5.92 Å². The second kappa shape index (κ2) is 10.0. The van der Waals surface area contributed by atoms with Gasteiger partial charge in [-0.25, -0.2) is 9.78 Å². The van der Waals surface area contributed by atoms with E-state index in [1.807, 2.05) is 65.8 Å². The molecule has 1 aliphatic rings. The molecule has 1 unspecified atom stereocenters. The van der Waals surface area contributed by atoms with Crippen LogP contribution in [0.15, 0.2) is 41.2 Å². The van der Waals surface area contributed by atoms with Crippen molar-refractivity contribution in [2.75, 3.05) is 11.4 Å². The van der Waals surface area contributed by atoms with E-state index in [-0.39, 0.29) is 29.8 Å². The Balaban J connectivity index is 1.64. The fourth-order valence-electron chi connectivity index (χ4n) is 4.55. The minimum Gasteiger partial charge on any atom is -0.456 e. The number of terminal acetylenes is 1. The summed E-state index contributed by atoms with van der Waals surface area (Å²) in [4.78, 5) is 35.1. The average Bonchev–Trinajstić information content (AvgIpc) is 3.21. The van der Waals surface area contributed by atoms with Gasteiger partial charge in [-0.05, 0) is 102 Å². The number of aryl methyl sites for hydroxylation is 1. The number of aromatic nitrogens is 2. The molecule has 0 bridgehead atoms. The van der Waals surface area contributed by atoms with Crippen molar-refractivity contribution < 1.29 is 14.3 Å². The summed E-state index contributed by atoms with van der Waals surface area (Å²) in [5.41, 5.74) is 3.22. The summed E-state index contributed by atoms with van der Waals surface area (Å²) in [6.07, 6.45) is 7.47. The maximum atomic E-state index is 13.0. The Bertz CT molecular complexity index is 1400. The van der Waals surface area contributed by atoms with Gasteiger partial charge in [-0.3, -0.25) is 4.79 Å². The van der Waals surface area contributed by atoms with Crippen LogP contribution in [0.4, 0.5) is 5.69 Å². The molecule has 4 rings (SSSR count). The van der Waals surface area contributed by atoms with Crippen LogP contribution in [0.2, 0.25) is 0 Å². The first-order valence-corrected chi connectivity index (χ1v) is 12.6. The van der Waals surface area contributed by atoms with Gasteiger partial charge >= 0.3 is 5.97 Å². The number of hydrogen-bond acceptors (Lipinski definition) is 6. The van der Waals surface area contributed by atoms with Crippen molar-refractivity contribution in [3.05, 3.63) is 69.3 Å².